The summed E-state index contributed by atoms with van der Waals surface area (Å²) in [6, 6.07) is 3.62. The summed E-state index contributed by atoms with van der Waals surface area (Å²) in [5.41, 5.74) is 10.6. The minimum absolute atomic E-state index is 0.133. The predicted octanol–water partition coefficient (Wildman–Crippen LogP) is 2.42. The first-order valence-electron chi connectivity index (χ1n) is 10.6. The Hall–Kier alpha value is -2.78. The number of nitrogens with two attached hydrogens (primary N) is 1. The van der Waals surface area contributed by atoms with E-state index in [-0.39, 0.29) is 17.8 Å². The molecule has 162 valence electrons. The molecule has 0 radical (unpaired) electrons. The molecule has 1 aliphatic heterocycles. The topological polar surface area (TPSA) is 96.2 Å². The lowest BCUT2D eigenvalue weighted by Crippen LogP contribution is -2.43. The molecule has 0 bridgehead atoms. The maximum absolute atomic E-state index is 15.0. The number of piperazine rings is 1. The van der Waals surface area contributed by atoms with Crippen molar-refractivity contribution < 1.29 is 9.18 Å². The van der Waals surface area contributed by atoms with Crippen molar-refractivity contribution in [3.05, 3.63) is 45.8 Å². The van der Waals surface area contributed by atoms with Crippen LogP contribution >= 0.6 is 11.3 Å². The Kier molecular flexibility index (Phi) is 5.23. The van der Waals surface area contributed by atoms with Gasteiger partial charge in [-0.25, -0.2) is 14.4 Å². The van der Waals surface area contributed by atoms with E-state index in [4.69, 9.17) is 5.73 Å². The van der Waals surface area contributed by atoms with Gasteiger partial charge in [0.1, 0.15) is 21.0 Å². The highest BCUT2D eigenvalue weighted by molar-refractivity contribution is 7.21. The molecule has 9 heteroatoms. The third kappa shape index (κ3) is 3.83. The van der Waals surface area contributed by atoms with Gasteiger partial charge in [-0.05, 0) is 49.4 Å². The Morgan fingerprint density at radius 3 is 2.97 bits per heavy atom. The molecular weight excluding hydrogens is 415 g/mol. The number of carbonyl (C=O) groups is 1. The van der Waals surface area contributed by atoms with E-state index in [0.717, 1.165) is 56.0 Å². The monoisotopic (exact) mass is 440 g/mol. The zero-order valence-electron chi connectivity index (χ0n) is 17.4. The lowest BCUT2D eigenvalue weighted by molar-refractivity contribution is 0.0938. The fourth-order valence-corrected chi connectivity index (χ4v) is 5.43. The third-order valence-corrected chi connectivity index (χ3v) is 7.16. The standard InChI is InChI=1S/C22H25FN6OS/c1-12-11-26-19-18(24)20(31-22(19)27-12)21(30)28-14-3-2-13-8-15(10-17(23)16(13)9-14)29-6-4-25-5-7-29/h8,10-11,14,25H,2-7,9,24H2,1H3,(H,28,30)/t14-/m0/s1. The lowest BCUT2D eigenvalue weighted by Gasteiger charge is -2.32. The molecule has 0 unspecified atom stereocenters. The number of amides is 1. The zero-order valence-corrected chi connectivity index (χ0v) is 18.2. The van der Waals surface area contributed by atoms with Crippen molar-refractivity contribution in [2.45, 2.75) is 32.2 Å². The molecule has 0 saturated carbocycles. The molecule has 3 heterocycles. The normalized spacial score (nSPS) is 18.8. The Morgan fingerprint density at radius 1 is 1.35 bits per heavy atom. The maximum Gasteiger partial charge on any atom is 0.263 e. The van der Waals surface area contributed by atoms with Crippen LogP contribution in [0.5, 0.6) is 0 Å². The van der Waals surface area contributed by atoms with E-state index in [2.05, 4.69) is 31.6 Å². The Labute approximate surface area is 183 Å². The summed E-state index contributed by atoms with van der Waals surface area (Å²) in [5.74, 6) is -0.429. The lowest BCUT2D eigenvalue weighted by atomic mass is 9.87. The Morgan fingerprint density at radius 2 is 2.16 bits per heavy atom. The third-order valence-electron chi connectivity index (χ3n) is 6.07. The highest BCUT2D eigenvalue weighted by Gasteiger charge is 2.27. The van der Waals surface area contributed by atoms with E-state index in [1.807, 2.05) is 6.92 Å². The van der Waals surface area contributed by atoms with Crippen molar-refractivity contribution in [3.8, 4) is 0 Å². The molecule has 1 amide bonds. The number of rotatable bonds is 3. The number of halogens is 1. The van der Waals surface area contributed by atoms with Gasteiger partial charge in [0.2, 0.25) is 0 Å². The van der Waals surface area contributed by atoms with Gasteiger partial charge in [0.25, 0.3) is 5.91 Å². The average Bonchev–Trinajstić information content (AvgIpc) is 3.10. The average molecular weight is 441 g/mol. The summed E-state index contributed by atoms with van der Waals surface area (Å²) in [6.07, 6.45) is 3.63. The molecule has 4 N–H and O–H groups in total. The molecule has 1 aromatic carbocycles. The zero-order chi connectivity index (χ0) is 21.5. The van der Waals surface area contributed by atoms with Crippen LogP contribution in [0.1, 0.15) is 32.9 Å². The highest BCUT2D eigenvalue weighted by atomic mass is 32.1. The van der Waals surface area contributed by atoms with Crippen LogP contribution in [0.2, 0.25) is 0 Å². The Balaban J connectivity index is 1.33. The van der Waals surface area contributed by atoms with Crippen LogP contribution in [-0.4, -0.2) is 48.1 Å². The van der Waals surface area contributed by atoms with Crippen molar-refractivity contribution in [2.75, 3.05) is 36.8 Å². The number of nitrogens with zero attached hydrogens (tertiary/aromatic N) is 3. The number of nitrogen functional groups attached to an aromatic ring is 1. The van der Waals surface area contributed by atoms with E-state index in [9.17, 15) is 9.18 Å². The van der Waals surface area contributed by atoms with Gasteiger partial charge in [-0.2, -0.15) is 0 Å². The van der Waals surface area contributed by atoms with E-state index >= 15 is 0 Å². The maximum atomic E-state index is 15.0. The molecule has 31 heavy (non-hydrogen) atoms. The second-order valence-corrected chi connectivity index (χ2v) is 9.22. The summed E-state index contributed by atoms with van der Waals surface area (Å²) < 4.78 is 15.0. The highest BCUT2D eigenvalue weighted by Crippen LogP contribution is 2.32. The van der Waals surface area contributed by atoms with Gasteiger partial charge < -0.3 is 21.3 Å². The molecule has 1 atom stereocenters. The molecule has 2 aliphatic rings. The molecule has 1 saturated heterocycles. The fourth-order valence-electron chi connectivity index (χ4n) is 4.43. The van der Waals surface area contributed by atoms with Crippen LogP contribution in [0.25, 0.3) is 10.3 Å². The van der Waals surface area contributed by atoms with Crippen LogP contribution < -0.4 is 21.3 Å². The van der Waals surface area contributed by atoms with Crippen molar-refractivity contribution in [1.82, 2.24) is 20.6 Å². The summed E-state index contributed by atoms with van der Waals surface area (Å²) in [7, 11) is 0. The number of carbonyl (C=O) groups excluding carboxylic acids is 1. The minimum Gasteiger partial charge on any atom is -0.396 e. The largest absolute Gasteiger partial charge is 0.396 e. The van der Waals surface area contributed by atoms with Crippen molar-refractivity contribution >= 4 is 39.0 Å². The van der Waals surface area contributed by atoms with Gasteiger partial charge >= 0.3 is 0 Å². The van der Waals surface area contributed by atoms with E-state index in [1.165, 1.54) is 11.3 Å². The van der Waals surface area contributed by atoms with E-state index in [0.29, 0.717) is 32.9 Å². The van der Waals surface area contributed by atoms with Crippen LogP contribution in [0.15, 0.2) is 18.3 Å². The molecule has 0 spiro atoms. The number of anilines is 2. The van der Waals surface area contributed by atoms with Crippen molar-refractivity contribution in [3.63, 3.8) is 0 Å². The number of hydrogen-bond acceptors (Lipinski definition) is 7. The van der Waals surface area contributed by atoms with Gasteiger partial charge in [-0.3, -0.25) is 4.79 Å². The summed E-state index contributed by atoms with van der Waals surface area (Å²) in [6.45, 7) is 5.45. The van der Waals surface area contributed by atoms with E-state index < -0.39 is 0 Å². The van der Waals surface area contributed by atoms with Crippen LogP contribution in [0, 0.1) is 12.7 Å². The fraction of sp³-hybridized carbons (Fsp3) is 0.409. The number of aryl methyl sites for hydroxylation is 2. The summed E-state index contributed by atoms with van der Waals surface area (Å²) in [4.78, 5) is 24.9. The smallest absolute Gasteiger partial charge is 0.263 e. The van der Waals surface area contributed by atoms with Gasteiger partial charge in [0, 0.05) is 44.1 Å². The summed E-state index contributed by atoms with van der Waals surface area (Å²) >= 11 is 1.25. The number of thiophene rings is 1. The second-order valence-electron chi connectivity index (χ2n) is 8.23. The first-order valence-corrected chi connectivity index (χ1v) is 11.4. The summed E-state index contributed by atoms with van der Waals surface area (Å²) in [5, 5.41) is 6.37. The number of benzene rings is 1. The van der Waals surface area contributed by atoms with Crippen molar-refractivity contribution in [2.24, 2.45) is 0 Å². The Bertz CT molecular complexity index is 1160. The molecule has 7 nitrogen and oxygen atoms in total. The van der Waals surface area contributed by atoms with Crippen molar-refractivity contribution in [1.29, 1.82) is 0 Å². The van der Waals surface area contributed by atoms with Crippen LogP contribution in [0.4, 0.5) is 15.8 Å². The van der Waals surface area contributed by atoms with Crippen LogP contribution in [-0.2, 0) is 12.8 Å². The molecule has 1 fully saturated rings. The number of hydrogen-bond donors (Lipinski definition) is 3. The quantitative estimate of drug-likeness (QED) is 0.579. The van der Waals surface area contributed by atoms with Gasteiger partial charge in [-0.1, -0.05) is 0 Å². The molecule has 3 aromatic rings. The molecule has 2 aromatic heterocycles. The van der Waals surface area contributed by atoms with Gasteiger partial charge in [0.15, 0.2) is 0 Å². The second kappa shape index (κ2) is 8.05. The SMILES string of the molecule is Cc1cnc2c(N)c(C(=O)N[C@H]3CCc4cc(N5CCNCC5)cc(F)c4C3)sc2n1. The first-order chi connectivity index (χ1) is 15.0. The minimum atomic E-state index is -0.244. The van der Waals surface area contributed by atoms with Gasteiger partial charge in [-0.15, -0.1) is 11.3 Å². The predicted molar refractivity (Wildman–Crippen MR) is 121 cm³/mol. The molecule has 5 rings (SSSR count). The number of fused-ring (bicyclic) bond motifs is 2. The van der Waals surface area contributed by atoms with Crippen LogP contribution in [0.3, 0.4) is 0 Å². The first kappa shape index (κ1) is 20.1. The number of aromatic nitrogens is 2. The van der Waals surface area contributed by atoms with Gasteiger partial charge in [0.05, 0.1) is 11.4 Å². The molecular formula is C22H25FN6OS. The molecule has 1 aliphatic carbocycles. The van der Waals surface area contributed by atoms with E-state index in [1.54, 1.807) is 12.3 Å². The number of nitrogens with one attached hydrogen (secondary N) is 2.